The van der Waals surface area contributed by atoms with Gasteiger partial charge in [-0.05, 0) is 25.8 Å². The summed E-state index contributed by atoms with van der Waals surface area (Å²) in [5, 5.41) is 5.83. The average Bonchev–Trinajstić information content (AvgIpc) is 3.10. The van der Waals surface area contributed by atoms with Crippen LogP contribution < -0.4 is 5.32 Å². The monoisotopic (exact) mass is 413 g/mol. The fourth-order valence-corrected chi connectivity index (χ4v) is 4.99. The largest absolute Gasteiger partial charge is 0.302 e. The lowest BCUT2D eigenvalue weighted by atomic mass is 9.97. The number of nitrogens with zero attached hydrogens (tertiary/aromatic N) is 2. The van der Waals surface area contributed by atoms with Gasteiger partial charge in [0.25, 0.3) is 0 Å². The van der Waals surface area contributed by atoms with E-state index in [2.05, 4.69) is 10.3 Å². The number of aromatic nitrogens is 1. The maximum Gasteiger partial charge on any atom is 0.229 e. The van der Waals surface area contributed by atoms with Crippen LogP contribution in [0.2, 0.25) is 5.02 Å². The molecule has 2 heterocycles. The van der Waals surface area contributed by atoms with Gasteiger partial charge >= 0.3 is 0 Å². The molecule has 1 aliphatic rings. The van der Waals surface area contributed by atoms with Crippen LogP contribution in [0.5, 0.6) is 0 Å². The maximum absolute atomic E-state index is 12.5. The van der Waals surface area contributed by atoms with Crippen LogP contribution in [0.3, 0.4) is 0 Å². The van der Waals surface area contributed by atoms with Gasteiger partial charge in [-0.3, -0.25) is 4.79 Å². The molecular formula is C17H20ClN3O3S2. The number of sulfonamides is 1. The summed E-state index contributed by atoms with van der Waals surface area (Å²) in [5.74, 6) is -0.224. The maximum atomic E-state index is 12.5. The van der Waals surface area contributed by atoms with E-state index < -0.39 is 10.0 Å². The highest BCUT2D eigenvalue weighted by molar-refractivity contribution is 7.89. The SMILES string of the molecule is CCS(=O)(=O)N1CCC(C(=O)Nc2nc(-c3ccccc3Cl)cs2)CC1. The van der Waals surface area contributed by atoms with Crippen molar-refractivity contribution in [2.45, 2.75) is 19.8 Å². The number of piperidine rings is 1. The van der Waals surface area contributed by atoms with E-state index in [9.17, 15) is 13.2 Å². The summed E-state index contributed by atoms with van der Waals surface area (Å²) in [4.78, 5) is 16.9. The number of carbonyl (C=O) groups excluding carboxylic acids is 1. The molecule has 1 aromatic heterocycles. The average molecular weight is 414 g/mol. The van der Waals surface area contributed by atoms with Gasteiger partial charge in [0.1, 0.15) is 0 Å². The Morgan fingerprint density at radius 3 is 2.69 bits per heavy atom. The van der Waals surface area contributed by atoms with Gasteiger partial charge in [-0.2, -0.15) is 0 Å². The molecule has 0 atom stereocenters. The molecule has 1 saturated heterocycles. The number of thiazole rings is 1. The lowest BCUT2D eigenvalue weighted by molar-refractivity contribution is -0.120. The Kier molecular flexibility index (Phi) is 5.96. The lowest BCUT2D eigenvalue weighted by Gasteiger charge is -2.30. The normalized spacial score (nSPS) is 16.5. The molecule has 1 aliphatic heterocycles. The molecule has 1 fully saturated rings. The highest BCUT2D eigenvalue weighted by Gasteiger charge is 2.30. The standard InChI is InChI=1S/C17H20ClN3O3S2/c1-2-26(23,24)21-9-7-12(8-10-21)16(22)20-17-19-15(11-25-17)13-5-3-4-6-14(13)18/h3-6,11-12H,2,7-10H2,1H3,(H,19,20,22). The van der Waals surface area contributed by atoms with Gasteiger partial charge in [0.05, 0.1) is 11.4 Å². The number of amides is 1. The third-order valence-corrected chi connectivity index (χ3v) is 7.44. The number of benzene rings is 1. The van der Waals surface area contributed by atoms with Crippen LogP contribution >= 0.6 is 22.9 Å². The highest BCUT2D eigenvalue weighted by atomic mass is 35.5. The minimum Gasteiger partial charge on any atom is -0.302 e. The van der Waals surface area contributed by atoms with Gasteiger partial charge in [-0.25, -0.2) is 17.7 Å². The number of rotatable bonds is 5. The molecule has 0 radical (unpaired) electrons. The zero-order chi connectivity index (χ0) is 18.7. The van der Waals surface area contributed by atoms with E-state index in [0.29, 0.717) is 36.1 Å². The van der Waals surface area contributed by atoms with Gasteiger partial charge in [-0.1, -0.05) is 29.8 Å². The fraction of sp³-hybridized carbons (Fsp3) is 0.412. The Morgan fingerprint density at radius 2 is 2.04 bits per heavy atom. The van der Waals surface area contributed by atoms with E-state index in [1.807, 2.05) is 23.6 Å². The molecule has 1 aromatic carbocycles. The van der Waals surface area contributed by atoms with Crippen LogP contribution in [-0.4, -0.2) is 42.5 Å². The fourth-order valence-electron chi connectivity index (χ4n) is 2.91. The zero-order valence-electron chi connectivity index (χ0n) is 14.3. The molecule has 0 unspecified atom stereocenters. The first-order chi connectivity index (χ1) is 12.4. The van der Waals surface area contributed by atoms with Crippen molar-refractivity contribution < 1.29 is 13.2 Å². The number of anilines is 1. The van der Waals surface area contributed by atoms with E-state index in [4.69, 9.17) is 11.6 Å². The Hall–Kier alpha value is -1.48. The van der Waals surface area contributed by atoms with Gasteiger partial charge in [0.2, 0.25) is 15.9 Å². The predicted octanol–water partition coefficient (Wildman–Crippen LogP) is 3.46. The third kappa shape index (κ3) is 4.25. The molecule has 0 spiro atoms. The molecule has 140 valence electrons. The Labute approximate surface area is 162 Å². The van der Waals surface area contributed by atoms with Crippen molar-refractivity contribution in [2.75, 3.05) is 24.2 Å². The first kappa shape index (κ1) is 19.3. The molecule has 26 heavy (non-hydrogen) atoms. The smallest absolute Gasteiger partial charge is 0.229 e. The molecule has 2 aromatic rings. The van der Waals surface area contributed by atoms with Crippen LogP contribution in [0.25, 0.3) is 11.3 Å². The minimum atomic E-state index is -3.18. The predicted molar refractivity (Wildman–Crippen MR) is 105 cm³/mol. The summed E-state index contributed by atoms with van der Waals surface area (Å²) >= 11 is 7.53. The Balaban J connectivity index is 1.61. The van der Waals surface area contributed by atoms with Crippen LogP contribution in [0.1, 0.15) is 19.8 Å². The van der Waals surface area contributed by atoms with Crippen molar-refractivity contribution in [1.29, 1.82) is 0 Å². The molecule has 1 N–H and O–H groups in total. The second-order valence-corrected chi connectivity index (χ2v) is 9.60. The Bertz CT molecular complexity index is 890. The minimum absolute atomic E-state index is 0.0911. The summed E-state index contributed by atoms with van der Waals surface area (Å²) in [6.07, 6.45) is 1.04. The number of halogens is 1. The van der Waals surface area contributed by atoms with Crippen molar-refractivity contribution in [3.63, 3.8) is 0 Å². The van der Waals surface area contributed by atoms with E-state index >= 15 is 0 Å². The van der Waals surface area contributed by atoms with Gasteiger partial charge < -0.3 is 5.32 Å². The number of nitrogens with one attached hydrogen (secondary N) is 1. The molecule has 0 aliphatic carbocycles. The van der Waals surface area contributed by atoms with E-state index in [-0.39, 0.29) is 17.6 Å². The molecule has 9 heteroatoms. The quantitative estimate of drug-likeness (QED) is 0.813. The third-order valence-electron chi connectivity index (χ3n) is 4.47. The molecule has 0 bridgehead atoms. The van der Waals surface area contributed by atoms with E-state index in [0.717, 1.165) is 11.3 Å². The lowest BCUT2D eigenvalue weighted by Crippen LogP contribution is -2.42. The number of carbonyl (C=O) groups is 1. The summed E-state index contributed by atoms with van der Waals surface area (Å²) in [5.41, 5.74) is 1.55. The summed E-state index contributed by atoms with van der Waals surface area (Å²) < 4.78 is 25.3. The van der Waals surface area contributed by atoms with E-state index in [1.165, 1.54) is 15.6 Å². The second kappa shape index (κ2) is 8.04. The summed E-state index contributed by atoms with van der Waals surface area (Å²) in [7, 11) is -3.18. The first-order valence-corrected chi connectivity index (χ1v) is 11.3. The Morgan fingerprint density at radius 1 is 1.35 bits per heavy atom. The topological polar surface area (TPSA) is 79.4 Å². The van der Waals surface area contributed by atoms with Crippen LogP contribution in [-0.2, 0) is 14.8 Å². The first-order valence-electron chi connectivity index (χ1n) is 8.40. The number of hydrogen-bond acceptors (Lipinski definition) is 5. The number of hydrogen-bond donors (Lipinski definition) is 1. The van der Waals surface area contributed by atoms with Crippen molar-refractivity contribution in [1.82, 2.24) is 9.29 Å². The van der Waals surface area contributed by atoms with Gasteiger partial charge in [0.15, 0.2) is 5.13 Å². The van der Waals surface area contributed by atoms with Crippen LogP contribution in [0.15, 0.2) is 29.6 Å². The zero-order valence-corrected chi connectivity index (χ0v) is 16.7. The van der Waals surface area contributed by atoms with Crippen molar-refractivity contribution in [3.05, 3.63) is 34.7 Å². The van der Waals surface area contributed by atoms with Crippen LogP contribution in [0.4, 0.5) is 5.13 Å². The van der Waals surface area contributed by atoms with Crippen LogP contribution in [0, 0.1) is 5.92 Å². The molecule has 3 rings (SSSR count). The molecule has 6 nitrogen and oxygen atoms in total. The van der Waals surface area contributed by atoms with Crippen molar-refractivity contribution >= 4 is 44.0 Å². The molecule has 1 amide bonds. The van der Waals surface area contributed by atoms with Gasteiger partial charge in [-0.15, -0.1) is 11.3 Å². The second-order valence-electron chi connectivity index (χ2n) is 6.08. The van der Waals surface area contributed by atoms with E-state index in [1.54, 1.807) is 13.0 Å². The summed E-state index contributed by atoms with van der Waals surface area (Å²) in [6.45, 7) is 2.40. The van der Waals surface area contributed by atoms with Crippen molar-refractivity contribution in [2.24, 2.45) is 5.92 Å². The molecular weight excluding hydrogens is 394 g/mol. The highest BCUT2D eigenvalue weighted by Crippen LogP contribution is 2.31. The van der Waals surface area contributed by atoms with Gasteiger partial charge in [0, 0.05) is 35.0 Å². The van der Waals surface area contributed by atoms with Crippen molar-refractivity contribution in [3.8, 4) is 11.3 Å². The molecule has 0 saturated carbocycles. The summed E-state index contributed by atoms with van der Waals surface area (Å²) in [6, 6.07) is 7.42.